The van der Waals surface area contributed by atoms with E-state index in [2.05, 4.69) is 25.6 Å². The lowest BCUT2D eigenvalue weighted by Gasteiger charge is -2.35. The van der Waals surface area contributed by atoms with E-state index in [1.165, 1.54) is 13.4 Å². The fourth-order valence-electron chi connectivity index (χ4n) is 4.38. The molecule has 8 heteroatoms. The molecule has 0 radical (unpaired) electrons. The minimum absolute atomic E-state index is 0.0287. The first-order valence-electron chi connectivity index (χ1n) is 8.32. The van der Waals surface area contributed by atoms with Crippen molar-refractivity contribution in [2.75, 3.05) is 19.9 Å². The lowest BCUT2D eigenvalue weighted by atomic mass is 9.86. The molecule has 3 atom stereocenters. The van der Waals surface area contributed by atoms with Gasteiger partial charge in [-0.05, 0) is 43.5 Å². The zero-order chi connectivity index (χ0) is 18.2. The van der Waals surface area contributed by atoms with Gasteiger partial charge in [0.05, 0.1) is 13.4 Å². The highest BCUT2D eigenvalue weighted by Gasteiger charge is 2.58. The summed E-state index contributed by atoms with van der Waals surface area (Å²) in [5.74, 6) is -0.294. The Balaban J connectivity index is 1.98. The molecule has 1 aromatic carbocycles. The molecule has 25 heavy (non-hydrogen) atoms. The molecule has 2 fully saturated rings. The standard InChI is InChI=1S/C17H23BrN2O4S/c1-24-16(21)17(10-12-5-3-6-13(18)9-12)11-14(19-25(2,22)23)15-7-4-8-20(15)17/h3,5-6,9,14-15,19H,4,7-8,10-11H2,1-2H3/t14-,15+,17+/m1/s1. The number of sulfonamides is 1. The number of nitrogens with one attached hydrogen (secondary N) is 1. The van der Waals surface area contributed by atoms with Crippen LogP contribution in [0.3, 0.4) is 0 Å². The number of esters is 1. The molecule has 138 valence electrons. The second-order valence-corrected chi connectivity index (χ2v) is 9.63. The van der Waals surface area contributed by atoms with Crippen molar-refractivity contribution in [3.63, 3.8) is 0 Å². The quantitative estimate of drug-likeness (QED) is 0.719. The molecule has 1 aromatic rings. The van der Waals surface area contributed by atoms with Crippen molar-refractivity contribution in [2.45, 2.75) is 43.3 Å². The molecule has 0 amide bonds. The van der Waals surface area contributed by atoms with E-state index < -0.39 is 15.6 Å². The Hall–Kier alpha value is -0.960. The maximum absolute atomic E-state index is 12.8. The fraction of sp³-hybridized carbons (Fsp3) is 0.588. The van der Waals surface area contributed by atoms with Gasteiger partial charge in [0.15, 0.2) is 0 Å². The predicted molar refractivity (Wildman–Crippen MR) is 98.7 cm³/mol. The molecule has 0 aromatic heterocycles. The number of hydrogen-bond acceptors (Lipinski definition) is 5. The van der Waals surface area contributed by atoms with Crippen LogP contribution in [0, 0.1) is 0 Å². The highest BCUT2D eigenvalue weighted by atomic mass is 79.9. The summed E-state index contributed by atoms with van der Waals surface area (Å²) >= 11 is 3.47. The Bertz CT molecular complexity index is 770. The van der Waals surface area contributed by atoms with Crippen molar-refractivity contribution in [2.24, 2.45) is 0 Å². The molecule has 0 aliphatic carbocycles. The van der Waals surface area contributed by atoms with Gasteiger partial charge in [-0.2, -0.15) is 0 Å². The van der Waals surface area contributed by atoms with Crippen LogP contribution in [-0.2, 0) is 26.0 Å². The summed E-state index contributed by atoms with van der Waals surface area (Å²) in [6, 6.07) is 7.61. The molecule has 0 bridgehead atoms. The van der Waals surface area contributed by atoms with E-state index in [4.69, 9.17) is 4.74 Å². The molecule has 1 N–H and O–H groups in total. The van der Waals surface area contributed by atoms with Crippen molar-refractivity contribution in [1.29, 1.82) is 0 Å². The number of carbonyl (C=O) groups excluding carboxylic acids is 1. The maximum atomic E-state index is 12.8. The predicted octanol–water partition coefficient (Wildman–Crippen LogP) is 1.69. The lowest BCUT2D eigenvalue weighted by molar-refractivity contribution is -0.153. The first-order chi connectivity index (χ1) is 11.7. The molecular weight excluding hydrogens is 408 g/mol. The summed E-state index contributed by atoms with van der Waals surface area (Å²) in [6.07, 6.45) is 3.91. The molecular formula is C17H23BrN2O4S. The van der Waals surface area contributed by atoms with Gasteiger partial charge < -0.3 is 4.74 Å². The number of carbonyl (C=O) groups is 1. The average Bonchev–Trinajstić information content (AvgIpc) is 3.10. The summed E-state index contributed by atoms with van der Waals surface area (Å²) in [5.41, 5.74) is 0.185. The van der Waals surface area contributed by atoms with Crippen LogP contribution < -0.4 is 4.72 Å². The van der Waals surface area contributed by atoms with Crippen LogP contribution in [0.4, 0.5) is 0 Å². The van der Waals surface area contributed by atoms with Crippen LogP contribution in [-0.4, -0.2) is 56.8 Å². The van der Waals surface area contributed by atoms with E-state index in [1.807, 2.05) is 24.3 Å². The zero-order valence-corrected chi connectivity index (χ0v) is 16.8. The van der Waals surface area contributed by atoms with E-state index in [-0.39, 0.29) is 18.1 Å². The van der Waals surface area contributed by atoms with Crippen molar-refractivity contribution in [3.05, 3.63) is 34.3 Å². The molecule has 6 nitrogen and oxygen atoms in total. The summed E-state index contributed by atoms with van der Waals surface area (Å²) in [4.78, 5) is 15.0. The van der Waals surface area contributed by atoms with Gasteiger partial charge >= 0.3 is 5.97 Å². The maximum Gasteiger partial charge on any atom is 0.326 e. The van der Waals surface area contributed by atoms with Crippen LogP contribution in [0.15, 0.2) is 28.7 Å². The lowest BCUT2D eigenvalue weighted by Crippen LogP contribution is -2.53. The summed E-state index contributed by atoms with van der Waals surface area (Å²) in [5, 5.41) is 0. The van der Waals surface area contributed by atoms with Crippen molar-refractivity contribution in [3.8, 4) is 0 Å². The first kappa shape index (κ1) is 18.8. The van der Waals surface area contributed by atoms with Crippen molar-refractivity contribution in [1.82, 2.24) is 9.62 Å². The minimum Gasteiger partial charge on any atom is -0.468 e. The zero-order valence-electron chi connectivity index (χ0n) is 14.4. The monoisotopic (exact) mass is 430 g/mol. The normalized spacial score (nSPS) is 29.6. The van der Waals surface area contributed by atoms with Crippen LogP contribution in [0.2, 0.25) is 0 Å². The Morgan fingerprint density at radius 2 is 2.24 bits per heavy atom. The molecule has 0 spiro atoms. The number of fused-ring (bicyclic) bond motifs is 1. The Morgan fingerprint density at radius 3 is 2.88 bits per heavy atom. The Morgan fingerprint density at radius 1 is 1.48 bits per heavy atom. The summed E-state index contributed by atoms with van der Waals surface area (Å²) < 4.78 is 32.4. The fourth-order valence-corrected chi connectivity index (χ4v) is 5.61. The molecule has 2 aliphatic heterocycles. The third-order valence-corrected chi connectivity index (χ3v) is 6.41. The molecule has 2 saturated heterocycles. The third kappa shape index (κ3) is 3.77. The summed E-state index contributed by atoms with van der Waals surface area (Å²) in [7, 11) is -1.95. The number of benzene rings is 1. The number of rotatable bonds is 5. The van der Waals surface area contributed by atoms with Gasteiger partial charge in [0.25, 0.3) is 0 Å². The Kier molecular flexibility index (Phi) is 5.26. The number of halogens is 1. The van der Waals surface area contributed by atoms with Crippen molar-refractivity contribution < 1.29 is 17.9 Å². The highest BCUT2D eigenvalue weighted by molar-refractivity contribution is 9.10. The van der Waals surface area contributed by atoms with Gasteiger partial charge in [-0.15, -0.1) is 0 Å². The highest BCUT2D eigenvalue weighted by Crippen LogP contribution is 2.43. The van der Waals surface area contributed by atoms with Gasteiger partial charge in [0.2, 0.25) is 10.0 Å². The third-order valence-electron chi connectivity index (χ3n) is 5.19. The number of methoxy groups -OCH3 is 1. The van der Waals surface area contributed by atoms with Crippen LogP contribution >= 0.6 is 15.9 Å². The van der Waals surface area contributed by atoms with Crippen molar-refractivity contribution >= 4 is 31.9 Å². The van der Waals surface area contributed by atoms with Gasteiger partial charge in [-0.1, -0.05) is 28.1 Å². The molecule has 2 aliphatic rings. The topological polar surface area (TPSA) is 75.7 Å². The average molecular weight is 431 g/mol. The molecule has 0 unspecified atom stereocenters. The van der Waals surface area contributed by atoms with Crippen LogP contribution in [0.25, 0.3) is 0 Å². The van der Waals surface area contributed by atoms with Gasteiger partial charge in [0.1, 0.15) is 5.54 Å². The van der Waals surface area contributed by atoms with Gasteiger partial charge in [-0.25, -0.2) is 13.1 Å². The molecule has 3 rings (SSSR count). The molecule has 2 heterocycles. The van der Waals surface area contributed by atoms with E-state index in [0.29, 0.717) is 12.8 Å². The molecule has 0 saturated carbocycles. The number of nitrogens with zero attached hydrogens (tertiary/aromatic N) is 1. The van der Waals surface area contributed by atoms with Gasteiger partial charge in [0, 0.05) is 23.0 Å². The smallest absolute Gasteiger partial charge is 0.326 e. The minimum atomic E-state index is -3.34. The first-order valence-corrected chi connectivity index (χ1v) is 11.0. The van der Waals surface area contributed by atoms with Gasteiger partial charge in [-0.3, -0.25) is 9.69 Å². The second-order valence-electron chi connectivity index (χ2n) is 6.93. The number of hydrogen-bond donors (Lipinski definition) is 1. The van der Waals surface area contributed by atoms with E-state index in [0.717, 1.165) is 29.4 Å². The van der Waals surface area contributed by atoms with E-state index >= 15 is 0 Å². The number of ether oxygens (including phenoxy) is 1. The SMILES string of the molecule is COC(=O)[C@]1(Cc2cccc(Br)c2)C[C@@H](NS(C)(=O)=O)[C@@H]2CCCN21. The van der Waals surface area contributed by atoms with Crippen LogP contribution in [0.5, 0.6) is 0 Å². The largest absolute Gasteiger partial charge is 0.468 e. The van der Waals surface area contributed by atoms with E-state index in [1.54, 1.807) is 0 Å². The second kappa shape index (κ2) is 6.98. The van der Waals surface area contributed by atoms with Crippen LogP contribution in [0.1, 0.15) is 24.8 Å². The van der Waals surface area contributed by atoms with E-state index in [9.17, 15) is 13.2 Å². The Labute approximate surface area is 157 Å². The summed E-state index contributed by atoms with van der Waals surface area (Å²) in [6.45, 7) is 0.774.